The highest BCUT2D eigenvalue weighted by Crippen LogP contribution is 2.24. The fourth-order valence-electron chi connectivity index (χ4n) is 3.04. The summed E-state index contributed by atoms with van der Waals surface area (Å²) in [6.07, 6.45) is 0.812. The molecular weight excluding hydrogens is 462 g/mol. The highest BCUT2D eigenvalue weighted by molar-refractivity contribution is 6.34. The first-order valence-corrected chi connectivity index (χ1v) is 10.6. The maximum Gasteiger partial charge on any atom is 0.340 e. The van der Waals surface area contributed by atoms with Crippen molar-refractivity contribution in [3.05, 3.63) is 98.6 Å². The van der Waals surface area contributed by atoms with Crippen LogP contribution in [0.5, 0.6) is 0 Å². The van der Waals surface area contributed by atoms with Gasteiger partial charge < -0.3 is 15.4 Å². The van der Waals surface area contributed by atoms with Crippen LogP contribution in [-0.2, 0) is 16.0 Å². The molecule has 3 aromatic rings. The lowest BCUT2D eigenvalue weighted by Crippen LogP contribution is -2.22. The lowest BCUT2D eigenvalue weighted by atomic mass is 10.1. The molecule has 0 atom stereocenters. The summed E-state index contributed by atoms with van der Waals surface area (Å²) in [6.45, 7) is 1.47. The van der Waals surface area contributed by atoms with E-state index < -0.39 is 29.3 Å². The smallest absolute Gasteiger partial charge is 0.340 e. The molecule has 34 heavy (non-hydrogen) atoms. The first-order valence-electron chi connectivity index (χ1n) is 10.2. The van der Waals surface area contributed by atoms with Crippen molar-refractivity contribution in [2.75, 3.05) is 17.2 Å². The predicted molar refractivity (Wildman–Crippen MR) is 127 cm³/mol. The van der Waals surface area contributed by atoms with Crippen LogP contribution in [0, 0.1) is 10.1 Å². The molecule has 3 rings (SSSR count). The summed E-state index contributed by atoms with van der Waals surface area (Å²) in [5, 5.41) is 15.9. The van der Waals surface area contributed by atoms with Crippen molar-refractivity contribution in [3.63, 3.8) is 0 Å². The Labute approximate surface area is 199 Å². The van der Waals surface area contributed by atoms with Gasteiger partial charge in [0.1, 0.15) is 0 Å². The van der Waals surface area contributed by atoms with Crippen molar-refractivity contribution in [1.29, 1.82) is 0 Å². The van der Waals surface area contributed by atoms with Crippen LogP contribution in [-0.4, -0.2) is 29.3 Å². The molecule has 2 N–H and O–H groups in total. The molecule has 0 saturated heterocycles. The molecule has 0 aromatic heterocycles. The number of carbonyl (C=O) groups excluding carboxylic acids is 3. The third kappa shape index (κ3) is 6.17. The Hall–Kier alpha value is -4.24. The van der Waals surface area contributed by atoms with Crippen LogP contribution in [0.4, 0.5) is 17.1 Å². The van der Waals surface area contributed by atoms with Gasteiger partial charge in [-0.25, -0.2) is 4.79 Å². The molecule has 2 amide bonds. The minimum absolute atomic E-state index is 0.0101. The van der Waals surface area contributed by atoms with Crippen LogP contribution in [0.3, 0.4) is 0 Å². The molecular formula is C24H20ClN3O6. The maximum absolute atomic E-state index is 12.6. The fraction of sp³-hybridized carbons (Fsp3) is 0.125. The molecule has 0 radical (unpaired) electrons. The lowest BCUT2D eigenvalue weighted by Gasteiger charge is -2.12. The van der Waals surface area contributed by atoms with Crippen molar-refractivity contribution in [2.45, 2.75) is 13.3 Å². The molecule has 10 heteroatoms. The van der Waals surface area contributed by atoms with Gasteiger partial charge in [0.05, 0.1) is 26.8 Å². The SMILES string of the molecule is CCc1cccc(NC(=O)COC(=O)c2ccccc2NC(=O)c2ccc([N+](=O)[O-])cc2Cl)c1. The quantitative estimate of drug-likeness (QED) is 0.268. The number of halogens is 1. The van der Waals surface area contributed by atoms with E-state index in [1.165, 1.54) is 18.2 Å². The van der Waals surface area contributed by atoms with E-state index in [1.54, 1.807) is 18.2 Å². The maximum atomic E-state index is 12.6. The van der Waals surface area contributed by atoms with Gasteiger partial charge in [-0.05, 0) is 42.3 Å². The number of benzene rings is 3. The molecule has 0 spiro atoms. The topological polar surface area (TPSA) is 128 Å². The number of rotatable bonds is 8. The van der Waals surface area contributed by atoms with E-state index in [1.807, 2.05) is 25.1 Å². The normalized spacial score (nSPS) is 10.3. The summed E-state index contributed by atoms with van der Waals surface area (Å²) in [4.78, 5) is 47.6. The van der Waals surface area contributed by atoms with Crippen molar-refractivity contribution in [1.82, 2.24) is 0 Å². The van der Waals surface area contributed by atoms with Crippen LogP contribution < -0.4 is 10.6 Å². The number of nitro groups is 1. The third-order valence-electron chi connectivity index (χ3n) is 4.76. The summed E-state index contributed by atoms with van der Waals surface area (Å²) >= 11 is 6.01. The first-order chi connectivity index (χ1) is 16.3. The minimum Gasteiger partial charge on any atom is -0.452 e. The Morgan fingerprint density at radius 1 is 0.971 bits per heavy atom. The fourth-order valence-corrected chi connectivity index (χ4v) is 3.30. The number of para-hydroxylation sites is 1. The van der Waals surface area contributed by atoms with E-state index in [9.17, 15) is 24.5 Å². The zero-order chi connectivity index (χ0) is 24.7. The average molecular weight is 482 g/mol. The molecule has 0 aliphatic carbocycles. The van der Waals surface area contributed by atoms with E-state index in [0.717, 1.165) is 24.1 Å². The molecule has 0 aliphatic heterocycles. The summed E-state index contributed by atoms with van der Waals surface area (Å²) in [7, 11) is 0. The highest BCUT2D eigenvalue weighted by atomic mass is 35.5. The van der Waals surface area contributed by atoms with E-state index in [4.69, 9.17) is 16.3 Å². The van der Waals surface area contributed by atoms with E-state index in [0.29, 0.717) is 5.69 Å². The number of amides is 2. The van der Waals surface area contributed by atoms with Crippen LogP contribution in [0.15, 0.2) is 66.7 Å². The van der Waals surface area contributed by atoms with Gasteiger partial charge in [-0.3, -0.25) is 19.7 Å². The highest BCUT2D eigenvalue weighted by Gasteiger charge is 2.19. The van der Waals surface area contributed by atoms with Crippen LogP contribution in [0.1, 0.15) is 33.2 Å². The molecule has 0 aliphatic rings. The van der Waals surface area contributed by atoms with E-state index in [-0.39, 0.29) is 27.5 Å². The van der Waals surface area contributed by atoms with Crippen LogP contribution in [0.2, 0.25) is 5.02 Å². The van der Waals surface area contributed by atoms with Crippen molar-refractivity contribution in [2.24, 2.45) is 0 Å². The van der Waals surface area contributed by atoms with Gasteiger partial charge in [-0.2, -0.15) is 0 Å². The number of nitrogens with zero attached hydrogens (tertiary/aromatic N) is 1. The predicted octanol–water partition coefficient (Wildman–Crippen LogP) is 4.86. The molecule has 0 fully saturated rings. The summed E-state index contributed by atoms with van der Waals surface area (Å²) in [5.74, 6) is -2.00. The van der Waals surface area contributed by atoms with Crippen molar-refractivity contribution < 1.29 is 24.0 Å². The van der Waals surface area contributed by atoms with Gasteiger partial charge in [0.25, 0.3) is 17.5 Å². The number of aryl methyl sites for hydroxylation is 1. The van der Waals surface area contributed by atoms with Crippen LogP contribution in [0.25, 0.3) is 0 Å². The number of ether oxygens (including phenoxy) is 1. The number of nitro benzene ring substituents is 1. The zero-order valence-electron chi connectivity index (χ0n) is 18.0. The van der Waals surface area contributed by atoms with E-state index in [2.05, 4.69) is 10.6 Å². The Kier molecular flexibility index (Phi) is 7.94. The number of anilines is 2. The van der Waals surface area contributed by atoms with E-state index >= 15 is 0 Å². The first kappa shape index (κ1) is 24.4. The molecule has 0 bridgehead atoms. The monoisotopic (exact) mass is 481 g/mol. The molecule has 9 nitrogen and oxygen atoms in total. The van der Waals surface area contributed by atoms with Crippen LogP contribution >= 0.6 is 11.6 Å². The second-order valence-corrected chi connectivity index (χ2v) is 7.51. The molecule has 0 unspecified atom stereocenters. The summed E-state index contributed by atoms with van der Waals surface area (Å²) in [5.41, 5.74) is 1.52. The lowest BCUT2D eigenvalue weighted by molar-refractivity contribution is -0.384. The van der Waals surface area contributed by atoms with Crippen molar-refractivity contribution in [3.8, 4) is 0 Å². The summed E-state index contributed by atoms with van der Waals surface area (Å²) < 4.78 is 5.11. The standard InChI is InChI=1S/C24H20ClN3O6/c1-2-15-6-5-7-16(12-15)26-22(29)14-34-24(31)19-8-3-4-9-21(19)27-23(30)18-11-10-17(28(32)33)13-20(18)25/h3-13H,2,14H2,1H3,(H,26,29)(H,27,30). The third-order valence-corrected chi connectivity index (χ3v) is 5.07. The summed E-state index contributed by atoms with van der Waals surface area (Å²) in [6, 6.07) is 16.8. The Bertz CT molecular complexity index is 1260. The number of esters is 1. The van der Waals surface area contributed by atoms with Crippen molar-refractivity contribution >= 4 is 46.4 Å². The van der Waals surface area contributed by atoms with Gasteiger partial charge in [0.15, 0.2) is 6.61 Å². The number of carbonyl (C=O) groups is 3. The molecule has 3 aromatic carbocycles. The number of hydrogen-bond donors (Lipinski definition) is 2. The Morgan fingerprint density at radius 3 is 2.44 bits per heavy atom. The number of nitrogens with one attached hydrogen (secondary N) is 2. The van der Waals surface area contributed by atoms with Gasteiger partial charge >= 0.3 is 5.97 Å². The van der Waals surface area contributed by atoms with Gasteiger partial charge in [-0.15, -0.1) is 0 Å². The average Bonchev–Trinajstić information content (AvgIpc) is 2.82. The number of hydrogen-bond acceptors (Lipinski definition) is 6. The Morgan fingerprint density at radius 2 is 1.74 bits per heavy atom. The minimum atomic E-state index is -0.817. The molecule has 0 saturated carbocycles. The van der Waals surface area contributed by atoms with Gasteiger partial charge in [0, 0.05) is 17.8 Å². The zero-order valence-corrected chi connectivity index (χ0v) is 18.8. The number of non-ortho nitro benzene ring substituents is 1. The molecule has 174 valence electrons. The van der Waals surface area contributed by atoms with Gasteiger partial charge in [-0.1, -0.05) is 42.8 Å². The molecule has 0 heterocycles. The second kappa shape index (κ2) is 11.1. The Balaban J connectivity index is 1.66. The van der Waals surface area contributed by atoms with Gasteiger partial charge in [0.2, 0.25) is 0 Å². The largest absolute Gasteiger partial charge is 0.452 e. The second-order valence-electron chi connectivity index (χ2n) is 7.10.